The Morgan fingerprint density at radius 1 is 1.06 bits per heavy atom. The molecule has 0 spiro atoms. The van der Waals surface area contributed by atoms with Crippen LogP contribution in [0.4, 0.5) is 0 Å². The second-order valence-corrected chi connectivity index (χ2v) is 5.35. The maximum absolute atomic E-state index is 6.13. The van der Waals surface area contributed by atoms with E-state index in [0.717, 1.165) is 12.6 Å². The first-order valence-corrected chi connectivity index (χ1v) is 7.20. The van der Waals surface area contributed by atoms with Crippen molar-refractivity contribution in [2.45, 2.75) is 77.3 Å². The van der Waals surface area contributed by atoms with E-state index in [-0.39, 0.29) is 0 Å². The van der Waals surface area contributed by atoms with E-state index in [4.69, 9.17) is 5.73 Å². The first-order valence-electron chi connectivity index (χ1n) is 7.20. The van der Waals surface area contributed by atoms with E-state index in [0.29, 0.717) is 5.54 Å². The standard InChI is InChI=1S/C14H30N2/c1-4-9-14(12-15,10-5-2)16(11-6-3)13-7-8-13/h13H,4-12,15H2,1-3H3. The van der Waals surface area contributed by atoms with E-state index in [2.05, 4.69) is 25.7 Å². The van der Waals surface area contributed by atoms with Crippen molar-refractivity contribution in [3.63, 3.8) is 0 Å². The third kappa shape index (κ3) is 3.21. The summed E-state index contributed by atoms with van der Waals surface area (Å²) in [5, 5.41) is 0. The van der Waals surface area contributed by atoms with Crippen LogP contribution in [0.15, 0.2) is 0 Å². The molecule has 1 rings (SSSR count). The highest BCUT2D eigenvalue weighted by molar-refractivity contribution is 4.98. The van der Waals surface area contributed by atoms with Crippen LogP contribution in [0.5, 0.6) is 0 Å². The summed E-state index contributed by atoms with van der Waals surface area (Å²) >= 11 is 0. The van der Waals surface area contributed by atoms with Crippen molar-refractivity contribution in [3.8, 4) is 0 Å². The number of hydrogen-bond acceptors (Lipinski definition) is 2. The van der Waals surface area contributed by atoms with Crippen molar-refractivity contribution in [3.05, 3.63) is 0 Å². The summed E-state index contributed by atoms with van der Waals surface area (Å²) in [6.07, 6.45) is 9.10. The van der Waals surface area contributed by atoms with Gasteiger partial charge in [-0.3, -0.25) is 4.90 Å². The molecule has 0 aromatic heterocycles. The molecular formula is C14H30N2. The molecule has 2 heteroatoms. The molecule has 0 radical (unpaired) electrons. The predicted molar refractivity (Wildman–Crippen MR) is 71.6 cm³/mol. The minimum atomic E-state index is 0.306. The van der Waals surface area contributed by atoms with Crippen molar-refractivity contribution in [2.24, 2.45) is 5.73 Å². The molecule has 0 unspecified atom stereocenters. The molecule has 1 fully saturated rings. The quantitative estimate of drug-likeness (QED) is 0.654. The van der Waals surface area contributed by atoms with E-state index < -0.39 is 0 Å². The second kappa shape index (κ2) is 6.61. The van der Waals surface area contributed by atoms with Gasteiger partial charge in [0.05, 0.1) is 0 Å². The molecule has 0 aromatic carbocycles. The summed E-state index contributed by atoms with van der Waals surface area (Å²) in [4.78, 5) is 2.75. The maximum atomic E-state index is 6.13. The molecule has 1 saturated carbocycles. The fourth-order valence-corrected chi connectivity index (χ4v) is 3.10. The van der Waals surface area contributed by atoms with Gasteiger partial charge < -0.3 is 5.73 Å². The summed E-state index contributed by atoms with van der Waals surface area (Å²) in [6, 6.07) is 0.849. The molecule has 0 bridgehead atoms. The summed E-state index contributed by atoms with van der Waals surface area (Å²) in [5.41, 5.74) is 6.44. The monoisotopic (exact) mass is 226 g/mol. The van der Waals surface area contributed by atoms with Crippen molar-refractivity contribution in [2.75, 3.05) is 13.1 Å². The second-order valence-electron chi connectivity index (χ2n) is 5.35. The van der Waals surface area contributed by atoms with Crippen LogP contribution >= 0.6 is 0 Å². The molecule has 0 aromatic rings. The van der Waals surface area contributed by atoms with Gasteiger partial charge in [0.1, 0.15) is 0 Å². The lowest BCUT2D eigenvalue weighted by Gasteiger charge is -2.44. The molecular weight excluding hydrogens is 196 g/mol. The van der Waals surface area contributed by atoms with Crippen LogP contribution < -0.4 is 5.73 Å². The van der Waals surface area contributed by atoms with Gasteiger partial charge in [0.25, 0.3) is 0 Å². The molecule has 0 atom stereocenters. The number of rotatable bonds is 9. The number of nitrogens with two attached hydrogens (primary N) is 1. The highest BCUT2D eigenvalue weighted by atomic mass is 15.3. The molecule has 2 nitrogen and oxygen atoms in total. The first-order chi connectivity index (χ1) is 7.74. The van der Waals surface area contributed by atoms with Crippen LogP contribution in [0.25, 0.3) is 0 Å². The van der Waals surface area contributed by atoms with Crippen molar-refractivity contribution in [1.82, 2.24) is 4.90 Å². The fourth-order valence-electron chi connectivity index (χ4n) is 3.10. The van der Waals surface area contributed by atoms with Crippen LogP contribution in [-0.2, 0) is 0 Å². The third-order valence-electron chi connectivity index (χ3n) is 3.87. The van der Waals surface area contributed by atoms with Crippen LogP contribution in [0.1, 0.15) is 65.7 Å². The average Bonchev–Trinajstić information content (AvgIpc) is 3.09. The SMILES string of the molecule is CCCN(C1CC1)C(CN)(CCC)CCC. The average molecular weight is 226 g/mol. The lowest BCUT2D eigenvalue weighted by molar-refractivity contribution is 0.0657. The minimum Gasteiger partial charge on any atom is -0.329 e. The van der Waals surface area contributed by atoms with Gasteiger partial charge in [0.15, 0.2) is 0 Å². The Morgan fingerprint density at radius 3 is 1.94 bits per heavy atom. The van der Waals surface area contributed by atoms with Crippen molar-refractivity contribution < 1.29 is 0 Å². The summed E-state index contributed by atoms with van der Waals surface area (Å²) in [6.45, 7) is 8.94. The van der Waals surface area contributed by atoms with E-state index in [1.807, 2.05) is 0 Å². The van der Waals surface area contributed by atoms with E-state index >= 15 is 0 Å². The van der Waals surface area contributed by atoms with Crippen LogP contribution in [-0.4, -0.2) is 29.6 Å². The normalized spacial score (nSPS) is 17.1. The van der Waals surface area contributed by atoms with Gasteiger partial charge in [0.2, 0.25) is 0 Å². The van der Waals surface area contributed by atoms with Gasteiger partial charge in [-0.2, -0.15) is 0 Å². The molecule has 96 valence electrons. The summed E-state index contributed by atoms with van der Waals surface area (Å²) in [7, 11) is 0. The van der Waals surface area contributed by atoms with Crippen LogP contribution in [0.3, 0.4) is 0 Å². The lowest BCUT2D eigenvalue weighted by atomic mass is 9.86. The lowest BCUT2D eigenvalue weighted by Crippen LogP contribution is -2.55. The summed E-state index contributed by atoms with van der Waals surface area (Å²) < 4.78 is 0. The van der Waals surface area contributed by atoms with Crippen molar-refractivity contribution in [1.29, 1.82) is 0 Å². The van der Waals surface area contributed by atoms with Gasteiger partial charge in [-0.25, -0.2) is 0 Å². The first kappa shape index (κ1) is 14.0. The van der Waals surface area contributed by atoms with Crippen molar-refractivity contribution >= 4 is 0 Å². The number of nitrogens with zero attached hydrogens (tertiary/aromatic N) is 1. The Kier molecular flexibility index (Phi) is 5.77. The van der Waals surface area contributed by atoms with E-state index in [1.54, 1.807) is 0 Å². The molecule has 0 amide bonds. The zero-order valence-corrected chi connectivity index (χ0v) is 11.5. The zero-order chi connectivity index (χ0) is 12.0. The molecule has 1 aliphatic carbocycles. The minimum absolute atomic E-state index is 0.306. The Hall–Kier alpha value is -0.0800. The molecule has 16 heavy (non-hydrogen) atoms. The van der Waals surface area contributed by atoms with Gasteiger partial charge in [0, 0.05) is 18.1 Å². The topological polar surface area (TPSA) is 29.3 Å². The molecule has 1 aliphatic rings. The zero-order valence-electron chi connectivity index (χ0n) is 11.5. The van der Waals surface area contributed by atoms with Gasteiger partial charge in [-0.05, 0) is 38.6 Å². The molecule has 0 heterocycles. The van der Waals surface area contributed by atoms with Crippen LogP contribution in [0, 0.1) is 0 Å². The summed E-state index contributed by atoms with van der Waals surface area (Å²) in [5.74, 6) is 0. The van der Waals surface area contributed by atoms with E-state index in [1.165, 1.54) is 51.5 Å². The predicted octanol–water partition coefficient (Wildman–Crippen LogP) is 3.16. The highest BCUT2D eigenvalue weighted by Crippen LogP contribution is 2.37. The number of hydrogen-bond donors (Lipinski definition) is 1. The van der Waals surface area contributed by atoms with Gasteiger partial charge in [-0.15, -0.1) is 0 Å². The third-order valence-corrected chi connectivity index (χ3v) is 3.87. The Labute approximate surface area is 102 Å². The Bertz CT molecular complexity index is 181. The van der Waals surface area contributed by atoms with Gasteiger partial charge in [-0.1, -0.05) is 33.6 Å². The molecule has 2 N–H and O–H groups in total. The van der Waals surface area contributed by atoms with E-state index in [9.17, 15) is 0 Å². The molecule has 0 aliphatic heterocycles. The van der Waals surface area contributed by atoms with Crippen LogP contribution in [0.2, 0.25) is 0 Å². The van der Waals surface area contributed by atoms with Gasteiger partial charge >= 0.3 is 0 Å². The fraction of sp³-hybridized carbons (Fsp3) is 1.00. The molecule has 0 saturated heterocycles. The Morgan fingerprint density at radius 2 is 1.62 bits per heavy atom. The maximum Gasteiger partial charge on any atom is 0.0334 e. The highest BCUT2D eigenvalue weighted by Gasteiger charge is 2.41. The largest absolute Gasteiger partial charge is 0.329 e. The Balaban J connectivity index is 2.75. The smallest absolute Gasteiger partial charge is 0.0334 e.